The highest BCUT2D eigenvalue weighted by atomic mass is 16.5. The monoisotopic (exact) mass is 276 g/mol. The molecule has 1 saturated carbocycles. The lowest BCUT2D eigenvalue weighted by molar-refractivity contribution is -0.143. The van der Waals surface area contributed by atoms with Gasteiger partial charge >= 0.3 is 5.97 Å². The summed E-state index contributed by atoms with van der Waals surface area (Å²) >= 11 is 0. The number of rotatable bonds is 6. The zero-order valence-electron chi connectivity index (χ0n) is 11.6. The molecule has 1 fully saturated rings. The van der Waals surface area contributed by atoms with Crippen LogP contribution in [0.15, 0.2) is 24.3 Å². The Morgan fingerprint density at radius 3 is 2.50 bits per heavy atom. The van der Waals surface area contributed by atoms with Crippen LogP contribution in [0.2, 0.25) is 0 Å². The van der Waals surface area contributed by atoms with Gasteiger partial charge in [0.1, 0.15) is 0 Å². The molecule has 2 rings (SSSR count). The van der Waals surface area contributed by atoms with E-state index in [-0.39, 0.29) is 18.3 Å². The van der Waals surface area contributed by atoms with Gasteiger partial charge < -0.3 is 15.8 Å². The summed E-state index contributed by atoms with van der Waals surface area (Å²) in [5.74, 6) is -0.309. The maximum Gasteiger partial charge on any atom is 0.307 e. The van der Waals surface area contributed by atoms with Crippen LogP contribution in [0.25, 0.3) is 0 Å². The predicted molar refractivity (Wildman–Crippen MR) is 76.0 cm³/mol. The third-order valence-electron chi connectivity index (χ3n) is 3.57. The zero-order chi connectivity index (χ0) is 14.6. The van der Waals surface area contributed by atoms with Crippen LogP contribution in [-0.4, -0.2) is 25.0 Å². The summed E-state index contributed by atoms with van der Waals surface area (Å²) in [6, 6.07) is 7.41. The fraction of sp³-hybridized carbons (Fsp3) is 0.467. The molecular weight excluding hydrogens is 256 g/mol. The van der Waals surface area contributed by atoms with Crippen molar-refractivity contribution in [2.75, 3.05) is 18.9 Å². The van der Waals surface area contributed by atoms with Gasteiger partial charge in [-0.1, -0.05) is 12.1 Å². The molecule has 0 saturated heterocycles. The number of nitrogen functional groups attached to an aromatic ring is 1. The Labute approximate surface area is 118 Å². The van der Waals surface area contributed by atoms with Crippen LogP contribution in [0, 0.1) is 0 Å². The molecule has 0 spiro atoms. The highest BCUT2D eigenvalue weighted by Gasteiger charge is 2.50. The maximum absolute atomic E-state index is 12.3. The van der Waals surface area contributed by atoms with Crippen molar-refractivity contribution in [3.05, 3.63) is 29.8 Å². The average Bonchev–Trinajstić information content (AvgIpc) is 3.21. The summed E-state index contributed by atoms with van der Waals surface area (Å²) in [6.07, 6.45) is 1.88. The van der Waals surface area contributed by atoms with Gasteiger partial charge in [0.05, 0.1) is 18.4 Å². The fourth-order valence-corrected chi connectivity index (χ4v) is 2.25. The van der Waals surface area contributed by atoms with Crippen molar-refractivity contribution >= 4 is 17.6 Å². The quantitative estimate of drug-likeness (QED) is 0.607. The predicted octanol–water partition coefficient (Wildman–Crippen LogP) is 1.37. The second kappa shape index (κ2) is 5.94. The molecule has 0 unspecified atom stereocenters. The van der Waals surface area contributed by atoms with Crippen LogP contribution in [0.1, 0.15) is 31.7 Å². The lowest BCUT2D eigenvalue weighted by Gasteiger charge is -2.15. The molecule has 0 radical (unpaired) electrons. The van der Waals surface area contributed by atoms with Gasteiger partial charge in [0.25, 0.3) is 0 Å². The summed E-state index contributed by atoms with van der Waals surface area (Å²) < 4.78 is 4.82. The van der Waals surface area contributed by atoms with E-state index in [1.54, 1.807) is 19.1 Å². The molecule has 1 amide bonds. The number of ether oxygens (including phenoxy) is 1. The van der Waals surface area contributed by atoms with Crippen molar-refractivity contribution in [3.8, 4) is 0 Å². The first-order valence-corrected chi connectivity index (χ1v) is 6.88. The van der Waals surface area contributed by atoms with E-state index in [0.29, 0.717) is 18.8 Å². The summed E-state index contributed by atoms with van der Waals surface area (Å²) in [6.45, 7) is 2.44. The topological polar surface area (TPSA) is 81.4 Å². The van der Waals surface area contributed by atoms with Crippen molar-refractivity contribution in [1.29, 1.82) is 0 Å². The zero-order valence-corrected chi connectivity index (χ0v) is 11.6. The van der Waals surface area contributed by atoms with Crippen molar-refractivity contribution in [3.63, 3.8) is 0 Å². The second-order valence-corrected chi connectivity index (χ2v) is 5.02. The third-order valence-corrected chi connectivity index (χ3v) is 3.57. The summed E-state index contributed by atoms with van der Waals surface area (Å²) in [5, 5.41) is 2.82. The standard InChI is InChI=1S/C15H20N2O3/c1-2-20-13(18)7-10-17-14(19)15(8-9-15)11-3-5-12(16)6-4-11/h3-6H,2,7-10,16H2,1H3,(H,17,19). The Balaban J connectivity index is 1.89. The van der Waals surface area contributed by atoms with Gasteiger partial charge in [-0.3, -0.25) is 9.59 Å². The number of carbonyl (C=O) groups is 2. The third kappa shape index (κ3) is 3.10. The minimum atomic E-state index is -0.428. The summed E-state index contributed by atoms with van der Waals surface area (Å²) in [4.78, 5) is 23.5. The van der Waals surface area contributed by atoms with E-state index < -0.39 is 5.41 Å². The molecule has 3 N–H and O–H groups in total. The molecule has 5 heteroatoms. The molecule has 1 aliphatic rings. The Kier molecular flexibility index (Phi) is 4.27. The first kappa shape index (κ1) is 14.4. The van der Waals surface area contributed by atoms with E-state index >= 15 is 0 Å². The molecule has 5 nitrogen and oxygen atoms in total. The number of nitrogens with two attached hydrogens (primary N) is 1. The lowest BCUT2D eigenvalue weighted by Crippen LogP contribution is -2.36. The van der Waals surface area contributed by atoms with Gasteiger partial charge in [0, 0.05) is 12.2 Å². The number of hydrogen-bond donors (Lipinski definition) is 2. The van der Waals surface area contributed by atoms with E-state index in [4.69, 9.17) is 10.5 Å². The van der Waals surface area contributed by atoms with Gasteiger partial charge in [0.2, 0.25) is 5.91 Å². The molecule has 1 aromatic carbocycles. The Bertz CT molecular complexity index is 492. The Morgan fingerprint density at radius 1 is 1.30 bits per heavy atom. The van der Waals surface area contributed by atoms with E-state index in [2.05, 4.69) is 5.32 Å². The molecule has 108 valence electrons. The van der Waals surface area contributed by atoms with Crippen LogP contribution in [0.4, 0.5) is 5.69 Å². The minimum Gasteiger partial charge on any atom is -0.466 e. The number of benzene rings is 1. The molecular formula is C15H20N2O3. The van der Waals surface area contributed by atoms with Crippen LogP contribution >= 0.6 is 0 Å². The van der Waals surface area contributed by atoms with Gasteiger partial charge in [0.15, 0.2) is 0 Å². The summed E-state index contributed by atoms with van der Waals surface area (Å²) in [7, 11) is 0. The molecule has 0 bridgehead atoms. The fourth-order valence-electron chi connectivity index (χ4n) is 2.25. The van der Waals surface area contributed by atoms with Crippen molar-refractivity contribution in [2.45, 2.75) is 31.6 Å². The van der Waals surface area contributed by atoms with E-state index in [0.717, 1.165) is 18.4 Å². The van der Waals surface area contributed by atoms with Crippen LogP contribution in [0.3, 0.4) is 0 Å². The van der Waals surface area contributed by atoms with Gasteiger partial charge in [-0.05, 0) is 37.5 Å². The van der Waals surface area contributed by atoms with Crippen LogP contribution < -0.4 is 11.1 Å². The maximum atomic E-state index is 12.3. The molecule has 20 heavy (non-hydrogen) atoms. The molecule has 1 aliphatic carbocycles. The van der Waals surface area contributed by atoms with Crippen LogP contribution in [0.5, 0.6) is 0 Å². The smallest absolute Gasteiger partial charge is 0.307 e. The van der Waals surface area contributed by atoms with Crippen LogP contribution in [-0.2, 0) is 19.7 Å². The normalized spacial score (nSPS) is 15.4. The van der Waals surface area contributed by atoms with Gasteiger partial charge in [-0.25, -0.2) is 0 Å². The SMILES string of the molecule is CCOC(=O)CCNC(=O)C1(c2ccc(N)cc2)CC1. The molecule has 0 heterocycles. The van der Waals surface area contributed by atoms with Gasteiger partial charge in [-0.2, -0.15) is 0 Å². The van der Waals surface area contributed by atoms with E-state index in [1.807, 2.05) is 12.1 Å². The lowest BCUT2D eigenvalue weighted by atomic mass is 9.95. The largest absolute Gasteiger partial charge is 0.466 e. The first-order chi connectivity index (χ1) is 9.58. The summed E-state index contributed by atoms with van der Waals surface area (Å²) in [5.41, 5.74) is 6.90. The number of carbonyl (C=O) groups excluding carboxylic acids is 2. The number of nitrogens with one attached hydrogen (secondary N) is 1. The molecule has 0 atom stereocenters. The Hall–Kier alpha value is -2.04. The second-order valence-electron chi connectivity index (χ2n) is 5.02. The molecule has 0 aromatic heterocycles. The van der Waals surface area contributed by atoms with E-state index in [1.165, 1.54) is 0 Å². The number of hydrogen-bond acceptors (Lipinski definition) is 4. The first-order valence-electron chi connectivity index (χ1n) is 6.88. The van der Waals surface area contributed by atoms with Crippen molar-refractivity contribution in [2.24, 2.45) is 0 Å². The van der Waals surface area contributed by atoms with Crippen molar-refractivity contribution < 1.29 is 14.3 Å². The minimum absolute atomic E-state index is 0.0217. The van der Waals surface area contributed by atoms with Gasteiger partial charge in [-0.15, -0.1) is 0 Å². The van der Waals surface area contributed by atoms with Crippen molar-refractivity contribution in [1.82, 2.24) is 5.32 Å². The number of anilines is 1. The number of esters is 1. The average molecular weight is 276 g/mol. The molecule has 0 aliphatic heterocycles. The highest BCUT2D eigenvalue weighted by Crippen LogP contribution is 2.48. The molecule has 1 aromatic rings. The highest BCUT2D eigenvalue weighted by molar-refractivity contribution is 5.91. The van der Waals surface area contributed by atoms with E-state index in [9.17, 15) is 9.59 Å². The Morgan fingerprint density at radius 2 is 1.95 bits per heavy atom. The number of amides is 1.